The summed E-state index contributed by atoms with van der Waals surface area (Å²) in [7, 11) is 0. The van der Waals surface area contributed by atoms with E-state index in [4.69, 9.17) is 0 Å². The minimum atomic E-state index is -5.11. The monoisotopic (exact) mass is 614 g/mol. The van der Waals surface area contributed by atoms with Gasteiger partial charge in [0.25, 0.3) is 0 Å². The van der Waals surface area contributed by atoms with E-state index in [1.807, 2.05) is 6.92 Å². The molecule has 4 rings (SSSR count). The van der Waals surface area contributed by atoms with Gasteiger partial charge >= 0.3 is 12.3 Å². The highest BCUT2D eigenvalue weighted by atomic mass is 19.4. The molecular weight excluding hydrogens is 597 g/mol. The molecule has 0 aliphatic carbocycles. The lowest BCUT2D eigenvalue weighted by molar-refractivity contribution is -0.189. The maximum Gasteiger partial charge on any atom is 0.458 e. The van der Waals surface area contributed by atoms with Gasteiger partial charge in [-0.25, -0.2) is 26.3 Å². The molecule has 224 valence electrons. The van der Waals surface area contributed by atoms with Crippen molar-refractivity contribution < 1.29 is 53.0 Å². The van der Waals surface area contributed by atoms with Crippen molar-refractivity contribution >= 4 is 0 Å². The zero-order valence-corrected chi connectivity index (χ0v) is 21.8. The van der Waals surface area contributed by atoms with E-state index >= 15 is 0 Å². The molecule has 0 aromatic heterocycles. The molecule has 0 saturated carbocycles. The molecule has 0 heterocycles. The Morgan fingerprint density at radius 2 is 1.14 bits per heavy atom. The summed E-state index contributed by atoms with van der Waals surface area (Å²) >= 11 is 0. The average molecular weight is 614 g/mol. The third-order valence-corrected chi connectivity index (χ3v) is 6.08. The van der Waals surface area contributed by atoms with Crippen LogP contribution < -0.4 is 4.74 Å². The number of benzene rings is 4. The Balaban J connectivity index is 1.65. The van der Waals surface area contributed by atoms with Crippen molar-refractivity contribution in [2.45, 2.75) is 32.1 Å². The predicted molar refractivity (Wildman–Crippen MR) is 135 cm³/mol. The molecule has 43 heavy (non-hydrogen) atoms. The van der Waals surface area contributed by atoms with Crippen molar-refractivity contribution in [2.24, 2.45) is 0 Å². The van der Waals surface area contributed by atoms with E-state index in [0.717, 1.165) is 36.5 Å². The third kappa shape index (κ3) is 7.10. The lowest BCUT2D eigenvalue weighted by Crippen LogP contribution is -2.25. The van der Waals surface area contributed by atoms with Crippen molar-refractivity contribution in [1.29, 1.82) is 0 Å². The fourth-order valence-corrected chi connectivity index (χ4v) is 4.22. The van der Waals surface area contributed by atoms with Crippen molar-refractivity contribution in [2.75, 3.05) is 0 Å². The summed E-state index contributed by atoms with van der Waals surface area (Å²) in [6.45, 7) is 1.98. The Bertz CT molecular complexity index is 1660. The summed E-state index contributed by atoms with van der Waals surface area (Å²) < 4.78 is 158. The molecule has 0 N–H and O–H groups in total. The van der Waals surface area contributed by atoms with E-state index in [1.165, 1.54) is 0 Å². The molecule has 0 fully saturated rings. The normalized spacial score (nSPS) is 11.7. The van der Waals surface area contributed by atoms with E-state index in [-0.39, 0.29) is 29.8 Å². The maximum atomic E-state index is 15.0. The van der Waals surface area contributed by atoms with Gasteiger partial charge in [-0.3, -0.25) is 0 Å². The van der Waals surface area contributed by atoms with Gasteiger partial charge in [0, 0.05) is 18.1 Å². The zero-order valence-electron chi connectivity index (χ0n) is 21.8. The molecule has 0 radical (unpaired) electrons. The van der Waals surface area contributed by atoms with Crippen molar-refractivity contribution in [1.82, 2.24) is 0 Å². The van der Waals surface area contributed by atoms with Crippen molar-refractivity contribution in [3.8, 4) is 39.8 Å². The number of rotatable bonds is 7. The fraction of sp³-hybridized carbons (Fsp3) is 0.161. The first-order chi connectivity index (χ1) is 20.1. The molecule has 0 bridgehead atoms. The van der Waals surface area contributed by atoms with Gasteiger partial charge in [0.05, 0.1) is 11.1 Å². The number of alkyl halides is 5. The number of halogens is 11. The Morgan fingerprint density at radius 1 is 0.628 bits per heavy atom. The molecule has 0 unspecified atom stereocenters. The molecular formula is C31H17F11O. The molecule has 0 aliphatic heterocycles. The minimum Gasteiger partial charge on any atom is -0.429 e. The molecule has 0 aliphatic rings. The maximum absolute atomic E-state index is 15.0. The Labute approximate surface area is 237 Å². The second-order valence-electron chi connectivity index (χ2n) is 9.21. The Morgan fingerprint density at radius 3 is 1.63 bits per heavy atom. The highest BCUT2D eigenvalue weighted by molar-refractivity contribution is 5.72. The van der Waals surface area contributed by atoms with E-state index in [2.05, 4.69) is 4.74 Å². The van der Waals surface area contributed by atoms with Crippen LogP contribution in [0.5, 0.6) is 5.75 Å². The summed E-state index contributed by atoms with van der Waals surface area (Å²) in [6, 6.07) is 9.12. The quantitative estimate of drug-likeness (QED) is 0.149. The highest BCUT2D eigenvalue weighted by Gasteiger charge is 2.42. The number of ether oxygens (including phenoxy) is 1. The van der Waals surface area contributed by atoms with Crippen molar-refractivity contribution in [3.63, 3.8) is 0 Å². The van der Waals surface area contributed by atoms with Crippen LogP contribution in [0.2, 0.25) is 0 Å². The molecule has 4 aromatic rings. The average Bonchev–Trinajstić information content (AvgIpc) is 2.87. The summed E-state index contributed by atoms with van der Waals surface area (Å²) in [6.07, 6.45) is -8.39. The topological polar surface area (TPSA) is 9.23 Å². The second kappa shape index (κ2) is 12.0. The van der Waals surface area contributed by atoms with Crippen LogP contribution in [0.25, 0.3) is 22.3 Å². The molecule has 12 heteroatoms. The predicted octanol–water partition coefficient (Wildman–Crippen LogP) is 9.85. The van der Waals surface area contributed by atoms with E-state index in [9.17, 15) is 48.3 Å². The minimum absolute atomic E-state index is 0.0329. The molecule has 0 saturated heterocycles. The highest BCUT2D eigenvalue weighted by Crippen LogP contribution is 2.39. The van der Waals surface area contributed by atoms with Gasteiger partial charge in [0.15, 0.2) is 0 Å². The van der Waals surface area contributed by atoms with Gasteiger partial charge in [0.2, 0.25) is 0 Å². The van der Waals surface area contributed by atoms with Gasteiger partial charge in [-0.15, -0.1) is 0 Å². The fourth-order valence-electron chi connectivity index (χ4n) is 4.22. The van der Waals surface area contributed by atoms with Gasteiger partial charge in [0.1, 0.15) is 46.2 Å². The van der Waals surface area contributed by atoms with Crippen LogP contribution in [0, 0.1) is 46.7 Å². The smallest absolute Gasteiger partial charge is 0.429 e. The van der Waals surface area contributed by atoms with E-state index in [0.29, 0.717) is 11.5 Å². The van der Waals surface area contributed by atoms with Crippen LogP contribution in [0.1, 0.15) is 30.0 Å². The first kappa shape index (κ1) is 31.4. The van der Waals surface area contributed by atoms with Crippen LogP contribution in [0.15, 0.2) is 60.7 Å². The van der Waals surface area contributed by atoms with Gasteiger partial charge < -0.3 is 4.74 Å². The van der Waals surface area contributed by atoms with Gasteiger partial charge in [-0.05, 0) is 52.9 Å². The van der Waals surface area contributed by atoms with Crippen LogP contribution >= 0.6 is 0 Å². The van der Waals surface area contributed by atoms with Crippen LogP contribution in [-0.2, 0) is 12.5 Å². The second-order valence-corrected chi connectivity index (χ2v) is 9.21. The van der Waals surface area contributed by atoms with Crippen LogP contribution in [-0.4, -0.2) is 6.18 Å². The summed E-state index contributed by atoms with van der Waals surface area (Å²) in [5, 5.41) is 0. The van der Waals surface area contributed by atoms with E-state index < -0.39 is 75.2 Å². The number of hydrogen-bond acceptors (Lipinski definition) is 1. The first-order valence-electron chi connectivity index (χ1n) is 12.3. The van der Waals surface area contributed by atoms with Crippen LogP contribution in [0.3, 0.4) is 0 Å². The van der Waals surface area contributed by atoms with E-state index in [1.54, 1.807) is 24.3 Å². The first-order valence-corrected chi connectivity index (χ1v) is 12.3. The molecule has 1 nitrogen and oxygen atoms in total. The Kier molecular flexibility index (Phi) is 8.76. The van der Waals surface area contributed by atoms with Crippen LogP contribution in [0.4, 0.5) is 48.3 Å². The molecule has 0 amide bonds. The molecule has 0 atom stereocenters. The summed E-state index contributed by atoms with van der Waals surface area (Å²) in [5.41, 5.74) is -3.63. The summed E-state index contributed by atoms with van der Waals surface area (Å²) in [4.78, 5) is 0. The van der Waals surface area contributed by atoms with Gasteiger partial charge in [-0.1, -0.05) is 43.5 Å². The number of hydrogen-bond donors (Lipinski definition) is 0. The number of aryl methyl sites for hydroxylation is 1. The zero-order chi connectivity index (χ0) is 31.7. The SMILES string of the molecule is CCCc1ccc(-c2cc(F)c(-c3cc(F)c(C(F)(F)Oc4cc(F)c(C#CC(F)(F)F)c(F)c4)c(F)c3)c(F)c2)cc1. The molecule has 4 aromatic carbocycles. The van der Waals surface area contributed by atoms with Crippen molar-refractivity contribution in [3.05, 3.63) is 112 Å². The third-order valence-electron chi connectivity index (χ3n) is 6.08. The lowest BCUT2D eigenvalue weighted by atomic mass is 9.96. The lowest BCUT2D eigenvalue weighted by Gasteiger charge is -2.20. The summed E-state index contributed by atoms with van der Waals surface area (Å²) in [5.74, 6) is -9.79. The largest absolute Gasteiger partial charge is 0.458 e. The molecule has 0 spiro atoms. The standard InChI is InChI=1S/C31H17F11O/c1-2-3-16-4-6-17(7-5-16)18-10-24(34)28(25(35)11-18)19-12-26(36)29(27(37)13-19)31(41,42)43-20-14-22(32)21(23(33)15-20)8-9-30(38,39)40/h4-7,10-15H,2-3H2,1H3. The Hall–Kier alpha value is -4.53. The van der Waals surface area contributed by atoms with Gasteiger partial charge in [-0.2, -0.15) is 22.0 Å².